The lowest BCUT2D eigenvalue weighted by Crippen LogP contribution is -2.03. The molecule has 2 rings (SSSR count). The molecule has 0 saturated carbocycles. The molecule has 0 spiro atoms. The summed E-state index contributed by atoms with van der Waals surface area (Å²) in [5.74, 6) is -0.472. The lowest BCUT2D eigenvalue weighted by Gasteiger charge is -2.03. The lowest BCUT2D eigenvalue weighted by atomic mass is 10.5. The summed E-state index contributed by atoms with van der Waals surface area (Å²) in [6.07, 6.45) is 2.61. The average Bonchev–Trinajstić information content (AvgIpc) is 2.72. The molecule has 0 amide bonds. The number of hydrogen-bond donors (Lipinski definition) is 1. The highest BCUT2D eigenvalue weighted by Crippen LogP contribution is 2.13. The van der Waals surface area contributed by atoms with E-state index >= 15 is 0 Å². The second kappa shape index (κ2) is 4.45. The maximum Gasteiger partial charge on any atom is 0.224 e. The Bertz CT molecular complexity index is 449. The first-order valence-corrected chi connectivity index (χ1v) is 5.09. The molecule has 0 aliphatic carbocycles. The van der Waals surface area contributed by atoms with Crippen LogP contribution < -0.4 is 5.32 Å². The van der Waals surface area contributed by atoms with Gasteiger partial charge in [0.1, 0.15) is 0 Å². The number of halogens is 2. The molecule has 78 valence electrons. The molecule has 0 aliphatic heterocycles. The second-order valence-corrected chi connectivity index (χ2v) is 3.78. The summed E-state index contributed by atoms with van der Waals surface area (Å²) in [4.78, 5) is 8.08. The van der Waals surface area contributed by atoms with E-state index in [0.717, 1.165) is 11.1 Å². The van der Waals surface area contributed by atoms with Crippen molar-refractivity contribution in [1.82, 2.24) is 19.6 Å². The molecule has 0 fully saturated rings. The Kier molecular flexibility index (Phi) is 3.02. The summed E-state index contributed by atoms with van der Waals surface area (Å²) in [7, 11) is 0. The molecular weight excluding hydrogens is 241 g/mol. The molecule has 0 bridgehead atoms. The topological polar surface area (TPSA) is 63.6 Å². The van der Waals surface area contributed by atoms with Gasteiger partial charge in [-0.1, -0.05) is 4.49 Å². The maximum atomic E-state index is 13.1. The Morgan fingerprint density at radius 2 is 2.33 bits per heavy atom. The Morgan fingerprint density at radius 3 is 3.07 bits per heavy atom. The molecule has 2 heterocycles. The Hall–Kier alpha value is -1.34. The monoisotopic (exact) mass is 245 g/mol. The van der Waals surface area contributed by atoms with E-state index in [9.17, 15) is 4.39 Å². The van der Waals surface area contributed by atoms with E-state index in [1.807, 2.05) is 0 Å². The van der Waals surface area contributed by atoms with Crippen LogP contribution in [0.25, 0.3) is 0 Å². The van der Waals surface area contributed by atoms with Gasteiger partial charge in [0.25, 0.3) is 0 Å². The summed E-state index contributed by atoms with van der Waals surface area (Å²) in [6, 6.07) is 0. The van der Waals surface area contributed by atoms with Crippen molar-refractivity contribution in [2.24, 2.45) is 0 Å². The van der Waals surface area contributed by atoms with Crippen LogP contribution in [-0.2, 0) is 6.54 Å². The van der Waals surface area contributed by atoms with Gasteiger partial charge in [0.2, 0.25) is 5.28 Å². The normalized spacial score (nSPS) is 10.3. The fourth-order valence-corrected chi connectivity index (χ4v) is 1.47. The van der Waals surface area contributed by atoms with Crippen molar-refractivity contribution in [2.45, 2.75) is 6.54 Å². The molecule has 1 N–H and O–H groups in total. The second-order valence-electron chi connectivity index (χ2n) is 2.57. The van der Waals surface area contributed by atoms with Gasteiger partial charge in [0, 0.05) is 0 Å². The van der Waals surface area contributed by atoms with Gasteiger partial charge in [-0.15, -0.1) is 5.10 Å². The van der Waals surface area contributed by atoms with Crippen LogP contribution in [0, 0.1) is 5.82 Å². The van der Waals surface area contributed by atoms with Crippen molar-refractivity contribution in [3.63, 3.8) is 0 Å². The summed E-state index contributed by atoms with van der Waals surface area (Å²) in [6.45, 7) is 0.405. The van der Waals surface area contributed by atoms with Gasteiger partial charge in [-0.3, -0.25) is 0 Å². The summed E-state index contributed by atoms with van der Waals surface area (Å²) >= 11 is 6.76. The number of anilines is 1. The Morgan fingerprint density at radius 1 is 1.47 bits per heavy atom. The minimum Gasteiger partial charge on any atom is -0.362 e. The smallest absolute Gasteiger partial charge is 0.224 e. The molecular formula is C7H5ClFN5S. The molecule has 5 nitrogen and oxygen atoms in total. The predicted molar refractivity (Wildman–Crippen MR) is 54.2 cm³/mol. The highest BCUT2D eigenvalue weighted by molar-refractivity contribution is 7.05. The molecule has 0 atom stereocenters. The fraction of sp³-hybridized carbons (Fsp3) is 0.143. The van der Waals surface area contributed by atoms with Gasteiger partial charge in [-0.25, -0.2) is 9.37 Å². The Balaban J connectivity index is 2.07. The van der Waals surface area contributed by atoms with Gasteiger partial charge in [0.15, 0.2) is 11.6 Å². The van der Waals surface area contributed by atoms with Crippen molar-refractivity contribution in [3.8, 4) is 0 Å². The third-order valence-electron chi connectivity index (χ3n) is 1.55. The predicted octanol–water partition coefficient (Wildman–Crippen LogP) is 1.73. The first-order chi connectivity index (χ1) is 7.25. The SMILES string of the molecule is Fc1cnc(Cl)nc1NCc1cnns1. The standard InChI is InChI=1S/C7H5ClFN5S/c8-7-11-3-5(9)6(13-7)10-1-4-2-12-14-15-4/h2-3H,1H2,(H,10,11,13). The average molecular weight is 246 g/mol. The van der Waals surface area contributed by atoms with Gasteiger partial charge in [-0.2, -0.15) is 4.98 Å². The minimum absolute atomic E-state index is 0.00123. The summed E-state index contributed by atoms with van der Waals surface area (Å²) in [5.41, 5.74) is 0. The third kappa shape index (κ3) is 2.57. The molecule has 0 saturated heterocycles. The van der Waals surface area contributed by atoms with E-state index in [2.05, 4.69) is 24.9 Å². The van der Waals surface area contributed by atoms with E-state index in [0.29, 0.717) is 6.54 Å². The third-order valence-corrected chi connectivity index (χ3v) is 2.39. The van der Waals surface area contributed by atoms with Gasteiger partial charge in [0.05, 0.1) is 23.8 Å². The van der Waals surface area contributed by atoms with Crippen LogP contribution in [-0.4, -0.2) is 19.6 Å². The molecule has 0 aromatic carbocycles. The summed E-state index contributed by atoms with van der Waals surface area (Å²) < 4.78 is 16.8. The highest BCUT2D eigenvalue weighted by Gasteiger charge is 2.05. The van der Waals surface area contributed by atoms with Crippen LogP contribution in [0.1, 0.15) is 4.88 Å². The largest absolute Gasteiger partial charge is 0.362 e. The molecule has 0 aliphatic rings. The number of nitrogens with zero attached hydrogens (tertiary/aromatic N) is 4. The first kappa shape index (κ1) is 10.2. The number of nitrogens with one attached hydrogen (secondary N) is 1. The fourth-order valence-electron chi connectivity index (χ4n) is 0.906. The van der Waals surface area contributed by atoms with E-state index in [1.54, 1.807) is 6.20 Å². The van der Waals surface area contributed by atoms with Crippen molar-refractivity contribution in [1.29, 1.82) is 0 Å². The first-order valence-electron chi connectivity index (χ1n) is 3.94. The zero-order valence-electron chi connectivity index (χ0n) is 7.31. The van der Waals surface area contributed by atoms with Crippen LogP contribution in [0.2, 0.25) is 5.28 Å². The number of hydrogen-bond acceptors (Lipinski definition) is 6. The number of rotatable bonds is 3. The van der Waals surface area contributed by atoms with Crippen molar-refractivity contribution < 1.29 is 4.39 Å². The molecule has 8 heteroatoms. The zero-order valence-corrected chi connectivity index (χ0v) is 8.89. The molecule has 0 radical (unpaired) electrons. The van der Waals surface area contributed by atoms with Crippen LogP contribution in [0.4, 0.5) is 10.2 Å². The van der Waals surface area contributed by atoms with Crippen molar-refractivity contribution in [2.75, 3.05) is 5.32 Å². The van der Waals surface area contributed by atoms with E-state index < -0.39 is 5.82 Å². The van der Waals surface area contributed by atoms with Gasteiger partial charge < -0.3 is 5.32 Å². The number of aromatic nitrogens is 4. The van der Waals surface area contributed by atoms with Crippen molar-refractivity contribution in [3.05, 3.63) is 28.4 Å². The van der Waals surface area contributed by atoms with Gasteiger partial charge >= 0.3 is 0 Å². The zero-order chi connectivity index (χ0) is 10.7. The van der Waals surface area contributed by atoms with E-state index in [1.165, 1.54) is 11.5 Å². The molecule has 2 aromatic heterocycles. The Labute approximate surface area is 93.5 Å². The van der Waals surface area contributed by atoms with Crippen LogP contribution in [0.5, 0.6) is 0 Å². The van der Waals surface area contributed by atoms with Gasteiger partial charge in [-0.05, 0) is 23.1 Å². The lowest BCUT2D eigenvalue weighted by molar-refractivity contribution is 0.616. The van der Waals surface area contributed by atoms with Crippen molar-refractivity contribution >= 4 is 29.0 Å². The van der Waals surface area contributed by atoms with Crippen LogP contribution >= 0.6 is 23.1 Å². The minimum atomic E-state index is -0.545. The molecule has 2 aromatic rings. The highest BCUT2D eigenvalue weighted by atomic mass is 35.5. The van der Waals surface area contributed by atoms with Crippen LogP contribution in [0.3, 0.4) is 0 Å². The van der Waals surface area contributed by atoms with E-state index in [4.69, 9.17) is 11.6 Å². The summed E-state index contributed by atoms with van der Waals surface area (Å²) in [5, 5.41) is 6.43. The maximum absolute atomic E-state index is 13.1. The molecule has 0 unspecified atom stereocenters. The van der Waals surface area contributed by atoms with Crippen LogP contribution in [0.15, 0.2) is 12.4 Å². The van der Waals surface area contributed by atoms with E-state index in [-0.39, 0.29) is 11.1 Å². The molecule has 15 heavy (non-hydrogen) atoms. The quantitative estimate of drug-likeness (QED) is 0.835.